The van der Waals surface area contributed by atoms with E-state index in [4.69, 9.17) is 14.3 Å². The number of carbonyl (C=O) groups excluding carboxylic acids is 1. The predicted octanol–water partition coefficient (Wildman–Crippen LogP) is 5.55. The molecule has 1 saturated heterocycles. The zero-order valence-corrected chi connectivity index (χ0v) is 24.9. The third-order valence-corrected chi connectivity index (χ3v) is 8.64. The fraction of sp³-hybridized carbons (Fsp3) is 0.344. The largest absolute Gasteiger partial charge is 0.385 e. The number of unbranched alkanes of at least 4 members (excludes halogenated alkanes) is 1. The summed E-state index contributed by atoms with van der Waals surface area (Å²) in [5, 5.41) is 18.4. The molecule has 11 heteroatoms. The van der Waals surface area contributed by atoms with E-state index in [1.807, 2.05) is 24.3 Å². The van der Waals surface area contributed by atoms with Crippen LogP contribution in [0.5, 0.6) is 0 Å². The molecular weight excluding hydrogens is 564 g/mol. The molecule has 10 nitrogen and oxygen atoms in total. The first-order chi connectivity index (χ1) is 21.2. The Hall–Kier alpha value is -4.19. The lowest BCUT2D eigenvalue weighted by Gasteiger charge is -2.33. The number of para-hydroxylation sites is 1. The molecule has 0 aliphatic carbocycles. The molecule has 3 aromatic carbocycles. The molecule has 222 valence electrons. The number of aromatic nitrogens is 5. The first-order valence-electron chi connectivity index (χ1n) is 14.6. The average Bonchev–Trinajstić information content (AvgIpc) is 3.71. The topological polar surface area (TPSA) is 104 Å². The number of ether oxygens (including phenoxy) is 2. The Morgan fingerprint density at radius 2 is 1.53 bits per heavy atom. The van der Waals surface area contributed by atoms with Gasteiger partial charge >= 0.3 is 5.97 Å². The van der Waals surface area contributed by atoms with Crippen LogP contribution in [0.2, 0.25) is 0 Å². The SMILES string of the molecule is COCCCCOCC1CCN(c2ccc(-c3nnc(-c4ccc(C(=O)On5nnc6ccccc65)cc4)s3)cc2)CC1. The van der Waals surface area contributed by atoms with Crippen LogP contribution in [0.15, 0.2) is 72.8 Å². The first kappa shape index (κ1) is 28.9. The summed E-state index contributed by atoms with van der Waals surface area (Å²) >= 11 is 1.52. The minimum absolute atomic E-state index is 0.401. The van der Waals surface area contributed by atoms with Gasteiger partial charge in [0.05, 0.1) is 5.56 Å². The molecule has 0 unspecified atom stereocenters. The second kappa shape index (κ2) is 13.9. The molecule has 3 heterocycles. The lowest BCUT2D eigenvalue weighted by Crippen LogP contribution is -2.35. The van der Waals surface area contributed by atoms with Crippen molar-refractivity contribution in [2.24, 2.45) is 5.92 Å². The van der Waals surface area contributed by atoms with Crippen molar-refractivity contribution in [2.75, 3.05) is 44.9 Å². The van der Waals surface area contributed by atoms with Crippen LogP contribution in [0, 0.1) is 5.92 Å². The van der Waals surface area contributed by atoms with Crippen LogP contribution >= 0.6 is 11.3 Å². The summed E-state index contributed by atoms with van der Waals surface area (Å²) in [7, 11) is 1.74. The van der Waals surface area contributed by atoms with E-state index in [-0.39, 0.29) is 0 Å². The number of hydrogen-bond donors (Lipinski definition) is 0. The Morgan fingerprint density at radius 1 is 0.860 bits per heavy atom. The molecule has 6 rings (SSSR count). The van der Waals surface area contributed by atoms with E-state index in [2.05, 4.69) is 49.7 Å². The van der Waals surface area contributed by atoms with E-state index in [9.17, 15) is 4.79 Å². The third-order valence-electron chi connectivity index (χ3n) is 7.62. The zero-order valence-electron chi connectivity index (χ0n) is 24.1. The highest BCUT2D eigenvalue weighted by atomic mass is 32.1. The van der Waals surface area contributed by atoms with Gasteiger partial charge < -0.3 is 19.2 Å². The monoisotopic (exact) mass is 598 g/mol. The van der Waals surface area contributed by atoms with E-state index >= 15 is 0 Å². The van der Waals surface area contributed by atoms with Gasteiger partial charge in [-0.3, -0.25) is 0 Å². The van der Waals surface area contributed by atoms with Crippen LogP contribution in [-0.4, -0.2) is 71.3 Å². The Balaban J connectivity index is 1.01. The van der Waals surface area contributed by atoms with Gasteiger partial charge in [-0.05, 0) is 85.3 Å². The number of anilines is 1. The number of fused-ring (bicyclic) bond motifs is 1. The Kier molecular flexibility index (Phi) is 9.31. The first-order valence-corrected chi connectivity index (χ1v) is 15.4. The van der Waals surface area contributed by atoms with Crippen molar-refractivity contribution in [3.63, 3.8) is 0 Å². The van der Waals surface area contributed by atoms with Gasteiger partial charge in [0.25, 0.3) is 0 Å². The van der Waals surface area contributed by atoms with Gasteiger partial charge in [0.2, 0.25) is 0 Å². The number of methoxy groups -OCH3 is 1. The van der Waals surface area contributed by atoms with Crippen molar-refractivity contribution in [3.8, 4) is 21.1 Å². The molecular formula is C32H34N6O4S. The van der Waals surface area contributed by atoms with Crippen LogP contribution in [0.25, 0.3) is 32.2 Å². The van der Waals surface area contributed by atoms with Gasteiger partial charge in [0.1, 0.15) is 21.0 Å². The summed E-state index contributed by atoms with van der Waals surface area (Å²) in [6.45, 7) is 4.56. The minimum Gasteiger partial charge on any atom is -0.385 e. The molecule has 2 aromatic heterocycles. The molecule has 5 aromatic rings. The molecule has 0 atom stereocenters. The maximum Gasteiger partial charge on any atom is 0.365 e. The van der Waals surface area contributed by atoms with Crippen LogP contribution in [0.1, 0.15) is 36.0 Å². The molecule has 0 spiro atoms. The normalized spacial score (nSPS) is 13.9. The fourth-order valence-electron chi connectivity index (χ4n) is 5.12. The smallest absolute Gasteiger partial charge is 0.365 e. The second-order valence-corrected chi connectivity index (χ2v) is 11.5. The van der Waals surface area contributed by atoms with Gasteiger partial charge in [0, 0.05) is 56.8 Å². The maximum atomic E-state index is 12.7. The van der Waals surface area contributed by atoms with Gasteiger partial charge in [0.15, 0.2) is 0 Å². The van der Waals surface area contributed by atoms with Crippen molar-refractivity contribution in [2.45, 2.75) is 25.7 Å². The molecule has 43 heavy (non-hydrogen) atoms. The van der Waals surface area contributed by atoms with Gasteiger partial charge in [-0.25, -0.2) is 4.79 Å². The summed E-state index contributed by atoms with van der Waals surface area (Å²) in [5.74, 6) is 0.109. The van der Waals surface area contributed by atoms with Crippen molar-refractivity contribution in [3.05, 3.63) is 78.4 Å². The summed E-state index contributed by atoms with van der Waals surface area (Å²) in [5.41, 5.74) is 4.82. The number of rotatable bonds is 12. The maximum absolute atomic E-state index is 12.7. The summed E-state index contributed by atoms with van der Waals surface area (Å²) < 4.78 is 11.0. The van der Waals surface area contributed by atoms with Crippen molar-refractivity contribution in [1.29, 1.82) is 0 Å². The van der Waals surface area contributed by atoms with Crippen LogP contribution in [-0.2, 0) is 9.47 Å². The summed E-state index contributed by atoms with van der Waals surface area (Å²) in [6, 6.07) is 23.0. The lowest BCUT2D eigenvalue weighted by molar-refractivity contribution is 0.0409. The molecule has 0 radical (unpaired) electrons. The Morgan fingerprint density at radius 3 is 2.26 bits per heavy atom. The van der Waals surface area contributed by atoms with E-state index in [1.54, 1.807) is 31.4 Å². The van der Waals surface area contributed by atoms with Crippen molar-refractivity contribution in [1.82, 2.24) is 25.4 Å². The van der Waals surface area contributed by atoms with E-state index < -0.39 is 5.97 Å². The standard InChI is InChI=1S/C32H34N6O4S/c1-40-20-4-5-21-41-22-23-16-18-37(19-17-23)27-14-12-25(13-15-27)31-35-34-30(43-31)24-8-10-26(11-9-24)32(39)42-38-29-7-3-2-6-28(29)33-36-38/h2-3,6-15,23H,4-5,16-22H2,1H3. The van der Waals surface area contributed by atoms with Crippen molar-refractivity contribution >= 4 is 34.0 Å². The highest BCUT2D eigenvalue weighted by molar-refractivity contribution is 7.17. The molecule has 1 fully saturated rings. The predicted molar refractivity (Wildman–Crippen MR) is 166 cm³/mol. The van der Waals surface area contributed by atoms with E-state index in [1.165, 1.54) is 17.0 Å². The fourth-order valence-corrected chi connectivity index (χ4v) is 5.98. The molecule has 0 saturated carbocycles. The van der Waals surface area contributed by atoms with Gasteiger partial charge in [-0.1, -0.05) is 40.4 Å². The van der Waals surface area contributed by atoms with Gasteiger partial charge in [-0.2, -0.15) is 0 Å². The molecule has 1 aliphatic rings. The lowest BCUT2D eigenvalue weighted by atomic mass is 9.97. The highest BCUT2D eigenvalue weighted by Gasteiger charge is 2.20. The average molecular weight is 599 g/mol. The third kappa shape index (κ3) is 7.07. The van der Waals surface area contributed by atoms with E-state index in [0.717, 1.165) is 84.6 Å². The molecule has 1 aliphatic heterocycles. The zero-order chi connectivity index (χ0) is 29.4. The Bertz CT molecular complexity index is 1630. The molecule has 0 amide bonds. The number of hydrogen-bond acceptors (Lipinski definition) is 10. The van der Waals surface area contributed by atoms with Crippen LogP contribution in [0.4, 0.5) is 5.69 Å². The molecule has 0 bridgehead atoms. The molecule has 0 N–H and O–H groups in total. The highest BCUT2D eigenvalue weighted by Crippen LogP contribution is 2.32. The van der Waals surface area contributed by atoms with Crippen molar-refractivity contribution < 1.29 is 19.1 Å². The minimum atomic E-state index is -0.522. The summed E-state index contributed by atoms with van der Waals surface area (Å²) in [4.78, 5) is 21.7. The Labute approximate surface area is 254 Å². The van der Waals surface area contributed by atoms with Gasteiger partial charge in [-0.15, -0.1) is 15.3 Å². The quantitative estimate of drug-likeness (QED) is 0.135. The number of piperidine rings is 1. The van der Waals surface area contributed by atoms with Crippen LogP contribution in [0.3, 0.4) is 0 Å². The number of nitrogens with zero attached hydrogens (tertiary/aromatic N) is 6. The van der Waals surface area contributed by atoms with E-state index in [0.29, 0.717) is 22.5 Å². The van der Waals surface area contributed by atoms with Crippen LogP contribution < -0.4 is 9.74 Å². The number of benzene rings is 3. The summed E-state index contributed by atoms with van der Waals surface area (Å²) in [6.07, 6.45) is 4.40. The second-order valence-electron chi connectivity index (χ2n) is 10.6. The number of carbonyl (C=O) groups is 1.